The Morgan fingerprint density at radius 1 is 1.38 bits per heavy atom. The van der Waals surface area contributed by atoms with E-state index in [9.17, 15) is 4.39 Å². The lowest BCUT2D eigenvalue weighted by Crippen LogP contribution is -2.12. The maximum Gasteiger partial charge on any atom is 0.105 e. The first-order chi connectivity index (χ1) is 5.97. The van der Waals surface area contributed by atoms with Crippen molar-refractivity contribution in [3.8, 4) is 0 Å². The molecule has 0 atom stereocenters. The van der Waals surface area contributed by atoms with Crippen molar-refractivity contribution < 1.29 is 4.39 Å². The van der Waals surface area contributed by atoms with Crippen LogP contribution in [-0.4, -0.2) is 5.67 Å². The van der Waals surface area contributed by atoms with Crippen molar-refractivity contribution in [3.05, 3.63) is 34.3 Å². The highest BCUT2D eigenvalue weighted by molar-refractivity contribution is 9.10. The molecule has 1 aromatic rings. The zero-order valence-electron chi connectivity index (χ0n) is 7.98. The summed E-state index contributed by atoms with van der Waals surface area (Å²) in [6.45, 7) is 3.23. The Morgan fingerprint density at radius 2 is 2.08 bits per heavy atom. The van der Waals surface area contributed by atoms with Gasteiger partial charge in [0.25, 0.3) is 0 Å². The smallest absolute Gasteiger partial charge is 0.105 e. The molecule has 0 aromatic heterocycles. The van der Waals surface area contributed by atoms with E-state index >= 15 is 0 Å². The lowest BCUT2D eigenvalue weighted by molar-refractivity contribution is 0.202. The lowest BCUT2D eigenvalue weighted by atomic mass is 10.0. The number of alkyl halides is 1. The van der Waals surface area contributed by atoms with Gasteiger partial charge in [-0.2, -0.15) is 0 Å². The second-order valence-electron chi connectivity index (χ2n) is 3.85. The van der Waals surface area contributed by atoms with Crippen LogP contribution in [0.1, 0.15) is 25.8 Å². The number of benzene rings is 1. The molecule has 0 saturated heterocycles. The molecule has 1 aromatic carbocycles. The molecule has 0 spiro atoms. The van der Waals surface area contributed by atoms with Gasteiger partial charge in [0.1, 0.15) is 5.67 Å². The van der Waals surface area contributed by atoms with Gasteiger partial charge in [-0.1, -0.05) is 28.1 Å². The highest BCUT2D eigenvalue weighted by atomic mass is 79.9. The molecule has 0 bridgehead atoms. The SMILES string of the molecule is CC(C)(F)CCc1cccc(Br)c1. The summed E-state index contributed by atoms with van der Waals surface area (Å²) in [5.74, 6) is 0. The van der Waals surface area contributed by atoms with E-state index in [2.05, 4.69) is 15.9 Å². The van der Waals surface area contributed by atoms with E-state index in [4.69, 9.17) is 0 Å². The van der Waals surface area contributed by atoms with Gasteiger partial charge in [0.05, 0.1) is 0 Å². The summed E-state index contributed by atoms with van der Waals surface area (Å²) in [4.78, 5) is 0. The number of hydrogen-bond acceptors (Lipinski definition) is 0. The number of halogens is 2. The molecule has 0 fully saturated rings. The Hall–Kier alpha value is -0.370. The topological polar surface area (TPSA) is 0 Å². The van der Waals surface area contributed by atoms with E-state index in [1.165, 1.54) is 5.56 Å². The average molecular weight is 245 g/mol. The summed E-state index contributed by atoms with van der Waals surface area (Å²) in [5, 5.41) is 0. The highest BCUT2D eigenvalue weighted by Crippen LogP contribution is 2.19. The largest absolute Gasteiger partial charge is 0.244 e. The molecule has 0 amide bonds. The Labute approximate surface area is 87.3 Å². The van der Waals surface area contributed by atoms with Crippen LogP contribution in [-0.2, 0) is 6.42 Å². The third-order valence-electron chi connectivity index (χ3n) is 1.90. The molecule has 0 unspecified atom stereocenters. The summed E-state index contributed by atoms with van der Waals surface area (Å²) in [7, 11) is 0. The molecule has 72 valence electrons. The Kier molecular flexibility index (Phi) is 3.48. The summed E-state index contributed by atoms with van der Waals surface area (Å²) in [6, 6.07) is 8.01. The van der Waals surface area contributed by atoms with Crippen molar-refractivity contribution in [2.75, 3.05) is 0 Å². The highest BCUT2D eigenvalue weighted by Gasteiger charge is 2.14. The lowest BCUT2D eigenvalue weighted by Gasteiger charge is -2.13. The van der Waals surface area contributed by atoms with Crippen LogP contribution < -0.4 is 0 Å². The van der Waals surface area contributed by atoms with E-state index < -0.39 is 5.67 Å². The molecule has 0 radical (unpaired) electrons. The fraction of sp³-hybridized carbons (Fsp3) is 0.455. The van der Waals surface area contributed by atoms with Crippen LogP contribution in [0.25, 0.3) is 0 Å². The third-order valence-corrected chi connectivity index (χ3v) is 2.39. The predicted molar refractivity (Wildman–Crippen MR) is 57.7 cm³/mol. The van der Waals surface area contributed by atoms with Gasteiger partial charge < -0.3 is 0 Å². The van der Waals surface area contributed by atoms with Gasteiger partial charge in [-0.05, 0) is 44.4 Å². The van der Waals surface area contributed by atoms with Crippen molar-refractivity contribution >= 4 is 15.9 Å². The summed E-state index contributed by atoms with van der Waals surface area (Å²) < 4.78 is 14.2. The van der Waals surface area contributed by atoms with Gasteiger partial charge >= 0.3 is 0 Å². The van der Waals surface area contributed by atoms with E-state index in [0.29, 0.717) is 6.42 Å². The van der Waals surface area contributed by atoms with Crippen LogP contribution in [0.2, 0.25) is 0 Å². The van der Waals surface area contributed by atoms with E-state index in [0.717, 1.165) is 10.9 Å². The summed E-state index contributed by atoms with van der Waals surface area (Å²) in [5.41, 5.74) is 0.114. The average Bonchev–Trinajstić information content (AvgIpc) is 2.00. The van der Waals surface area contributed by atoms with Gasteiger partial charge in [0, 0.05) is 4.47 Å². The molecule has 0 nitrogen and oxygen atoms in total. The van der Waals surface area contributed by atoms with Crippen LogP contribution in [0.5, 0.6) is 0 Å². The van der Waals surface area contributed by atoms with Crippen LogP contribution in [0, 0.1) is 0 Å². The normalized spacial score (nSPS) is 11.7. The predicted octanol–water partition coefficient (Wildman–Crippen LogP) is 4.13. The van der Waals surface area contributed by atoms with Crippen LogP contribution in [0.3, 0.4) is 0 Å². The summed E-state index contributed by atoms with van der Waals surface area (Å²) in [6.07, 6.45) is 1.37. The van der Waals surface area contributed by atoms with Crippen LogP contribution in [0.4, 0.5) is 4.39 Å². The number of hydrogen-bond donors (Lipinski definition) is 0. The van der Waals surface area contributed by atoms with Crippen molar-refractivity contribution in [3.63, 3.8) is 0 Å². The van der Waals surface area contributed by atoms with Crippen molar-refractivity contribution in [2.45, 2.75) is 32.4 Å². The van der Waals surface area contributed by atoms with Crippen molar-refractivity contribution in [1.29, 1.82) is 0 Å². The monoisotopic (exact) mass is 244 g/mol. The fourth-order valence-electron chi connectivity index (χ4n) is 1.13. The molecule has 0 aliphatic carbocycles. The molecule has 13 heavy (non-hydrogen) atoms. The Morgan fingerprint density at radius 3 is 2.62 bits per heavy atom. The maximum absolute atomic E-state index is 13.2. The van der Waals surface area contributed by atoms with Crippen molar-refractivity contribution in [1.82, 2.24) is 0 Å². The van der Waals surface area contributed by atoms with Gasteiger partial charge in [-0.25, -0.2) is 4.39 Å². The molecular formula is C11H14BrF. The number of aryl methyl sites for hydroxylation is 1. The molecule has 0 heterocycles. The second-order valence-corrected chi connectivity index (χ2v) is 4.76. The molecule has 2 heteroatoms. The van der Waals surface area contributed by atoms with Gasteiger partial charge in [0.15, 0.2) is 0 Å². The van der Waals surface area contributed by atoms with Gasteiger partial charge in [0.2, 0.25) is 0 Å². The molecule has 0 saturated carbocycles. The first kappa shape index (κ1) is 10.7. The molecule has 0 N–H and O–H groups in total. The van der Waals surface area contributed by atoms with Gasteiger partial charge in [-0.15, -0.1) is 0 Å². The molecular weight excluding hydrogens is 231 g/mol. The quantitative estimate of drug-likeness (QED) is 0.751. The standard InChI is InChI=1S/C11H14BrF/c1-11(2,13)7-6-9-4-3-5-10(12)8-9/h3-5,8H,6-7H2,1-2H3. The Balaban J connectivity index is 2.55. The molecule has 1 rings (SSSR count). The Bertz CT molecular complexity index is 276. The summed E-state index contributed by atoms with van der Waals surface area (Å²) >= 11 is 3.39. The maximum atomic E-state index is 13.2. The molecule has 0 aliphatic heterocycles. The zero-order valence-corrected chi connectivity index (χ0v) is 9.57. The van der Waals surface area contributed by atoms with E-state index in [1.807, 2.05) is 24.3 Å². The fourth-order valence-corrected chi connectivity index (χ4v) is 1.58. The first-order valence-electron chi connectivity index (χ1n) is 4.41. The van der Waals surface area contributed by atoms with Gasteiger partial charge in [-0.3, -0.25) is 0 Å². The number of rotatable bonds is 3. The minimum absolute atomic E-state index is 0.573. The van der Waals surface area contributed by atoms with Crippen LogP contribution in [0.15, 0.2) is 28.7 Å². The van der Waals surface area contributed by atoms with Crippen molar-refractivity contribution in [2.24, 2.45) is 0 Å². The first-order valence-corrected chi connectivity index (χ1v) is 5.20. The van der Waals surface area contributed by atoms with Crippen LogP contribution >= 0.6 is 15.9 Å². The van der Waals surface area contributed by atoms with E-state index in [-0.39, 0.29) is 0 Å². The zero-order chi connectivity index (χ0) is 9.90. The molecule has 0 aliphatic rings. The van der Waals surface area contributed by atoms with E-state index in [1.54, 1.807) is 13.8 Å². The third kappa shape index (κ3) is 4.41. The minimum atomic E-state index is -1.07. The minimum Gasteiger partial charge on any atom is -0.244 e. The second kappa shape index (κ2) is 4.23.